The fourth-order valence-electron chi connectivity index (χ4n) is 0.276. The van der Waals surface area contributed by atoms with Crippen LogP contribution in [0.25, 0.3) is 0 Å². The van der Waals surface area contributed by atoms with Crippen molar-refractivity contribution >= 4 is 0 Å². The van der Waals surface area contributed by atoms with Crippen molar-refractivity contribution in [3.63, 3.8) is 0 Å². The molecule has 1 rings (SSSR count). The van der Waals surface area contributed by atoms with Gasteiger partial charge in [-0.1, -0.05) is 0 Å². The van der Waals surface area contributed by atoms with Crippen LogP contribution in [0, 0.1) is 42.5 Å². The van der Waals surface area contributed by atoms with Crippen LogP contribution in [0.1, 0.15) is 0 Å². The van der Waals surface area contributed by atoms with Crippen molar-refractivity contribution in [3.05, 3.63) is 11.4 Å². The summed E-state index contributed by atoms with van der Waals surface area (Å²) in [5.41, 5.74) is 0. The van der Waals surface area contributed by atoms with Gasteiger partial charge in [-0.15, -0.1) is 6.20 Å². The molecule has 1 aromatic heterocycles. The molecule has 0 aliphatic carbocycles. The van der Waals surface area contributed by atoms with Gasteiger partial charge in [-0.2, -0.15) is 0 Å². The summed E-state index contributed by atoms with van der Waals surface area (Å²) in [6.45, 7) is 0. The topological polar surface area (TPSA) is 62.2 Å². The second-order valence-electron chi connectivity index (χ2n) is 1.05. The van der Waals surface area contributed by atoms with Gasteiger partial charge in [0.1, 0.15) is 0 Å². The average molecular weight is 353 g/mol. The summed E-state index contributed by atoms with van der Waals surface area (Å²) in [5.74, 6) is 0.0556. The molecule has 5 nitrogen and oxygen atoms in total. The molecule has 1 heterocycles. The van der Waals surface area contributed by atoms with Crippen molar-refractivity contribution in [2.45, 2.75) is 0 Å². The second-order valence-corrected chi connectivity index (χ2v) is 1.05. The molecule has 0 unspecified atom stereocenters. The van der Waals surface area contributed by atoms with E-state index in [0.29, 0.717) is 0 Å². The molecular formula is C3H3N2O3U-. The third-order valence-corrected chi connectivity index (χ3v) is 0.578. The van der Waals surface area contributed by atoms with Crippen LogP contribution in [0.2, 0.25) is 0 Å². The number of aromatic nitrogens is 2. The standard InChI is InChI=1S/C3H3N2O3.U/c1-7-3-2-5(6)8-4-3;/h1H3;/q-1;. The van der Waals surface area contributed by atoms with Gasteiger partial charge < -0.3 is 9.94 Å². The monoisotopic (exact) mass is 353 g/mol. The molecule has 0 aliphatic heterocycles. The van der Waals surface area contributed by atoms with E-state index in [1.165, 1.54) is 7.11 Å². The van der Waals surface area contributed by atoms with Crippen LogP contribution < -0.4 is 9.64 Å². The molecule has 0 amide bonds. The number of ether oxygens (including phenoxy) is 1. The van der Waals surface area contributed by atoms with E-state index >= 15 is 0 Å². The van der Waals surface area contributed by atoms with Crippen LogP contribution in [0.5, 0.6) is 5.88 Å². The normalized spacial score (nSPS) is 8.11. The predicted molar refractivity (Wildman–Crippen MR) is 20.9 cm³/mol. The fraction of sp³-hybridized carbons (Fsp3) is 0.333. The van der Waals surface area contributed by atoms with Gasteiger partial charge in [0.25, 0.3) is 0 Å². The molecule has 0 saturated heterocycles. The van der Waals surface area contributed by atoms with Crippen LogP contribution in [-0.4, -0.2) is 12.3 Å². The van der Waals surface area contributed by atoms with Crippen molar-refractivity contribution in [2.75, 3.05) is 7.11 Å². The first kappa shape index (κ1) is 8.79. The van der Waals surface area contributed by atoms with E-state index in [0.717, 1.165) is 0 Å². The summed E-state index contributed by atoms with van der Waals surface area (Å²) in [7, 11) is 1.37. The van der Waals surface area contributed by atoms with Crippen LogP contribution in [0.15, 0.2) is 4.63 Å². The Hall–Kier alpha value is -0.208. The Bertz CT molecular complexity index is 177. The summed E-state index contributed by atoms with van der Waals surface area (Å²) in [6, 6.07) is 0. The number of methoxy groups -OCH3 is 1. The van der Waals surface area contributed by atoms with E-state index < -0.39 is 0 Å². The smallest absolute Gasteiger partial charge is 0.209 e. The van der Waals surface area contributed by atoms with Crippen molar-refractivity contribution < 1.29 is 45.4 Å². The Morgan fingerprint density at radius 3 is 2.78 bits per heavy atom. The van der Waals surface area contributed by atoms with Crippen LogP contribution in [0.3, 0.4) is 0 Å². The quantitative estimate of drug-likeness (QED) is 0.486. The minimum absolute atomic E-state index is 0. The predicted octanol–water partition coefficient (Wildman–Crippen LogP) is -0.883. The Kier molecular flexibility index (Phi) is 3.66. The molecule has 0 bridgehead atoms. The first-order valence-corrected chi connectivity index (χ1v) is 1.86. The molecule has 1 aromatic rings. The Morgan fingerprint density at radius 2 is 2.56 bits per heavy atom. The molecular weight excluding hydrogens is 350 g/mol. The second kappa shape index (κ2) is 3.75. The summed E-state index contributed by atoms with van der Waals surface area (Å²) in [4.78, 5) is 0.0822. The molecule has 0 saturated carbocycles. The molecule has 0 aliphatic rings. The molecule has 0 aromatic carbocycles. The van der Waals surface area contributed by atoms with E-state index in [-0.39, 0.29) is 41.9 Å². The molecule has 0 N–H and O–H groups in total. The van der Waals surface area contributed by atoms with Crippen molar-refractivity contribution in [2.24, 2.45) is 0 Å². The van der Waals surface area contributed by atoms with Gasteiger partial charge in [-0.3, -0.25) is 4.63 Å². The van der Waals surface area contributed by atoms with E-state index in [1.54, 1.807) is 0 Å². The first-order chi connectivity index (χ1) is 3.83. The SMILES string of the molecule is COc1[c-][n+]([O-])on1.[U]. The van der Waals surface area contributed by atoms with Gasteiger partial charge in [0.2, 0.25) is 5.88 Å². The third kappa shape index (κ3) is 2.24. The van der Waals surface area contributed by atoms with Crippen LogP contribution >= 0.6 is 0 Å². The zero-order valence-electron chi connectivity index (χ0n) is 4.62. The van der Waals surface area contributed by atoms with Gasteiger partial charge in [-0.05, 0) is 0 Å². The molecule has 0 atom stereocenters. The summed E-state index contributed by atoms with van der Waals surface area (Å²) in [6.07, 6.45) is 2.09. The minimum Gasteiger partial charge on any atom is -0.485 e. The van der Waals surface area contributed by atoms with Gasteiger partial charge in [-0.25, -0.2) is 4.90 Å². The molecule has 6 heteroatoms. The van der Waals surface area contributed by atoms with Crippen molar-refractivity contribution in [1.29, 1.82) is 0 Å². The zero-order chi connectivity index (χ0) is 5.98. The van der Waals surface area contributed by atoms with Crippen molar-refractivity contribution in [3.8, 4) is 5.88 Å². The molecule has 0 fully saturated rings. The maximum Gasteiger partial charge on any atom is 0.209 e. The summed E-state index contributed by atoms with van der Waals surface area (Å²) < 4.78 is 8.44. The van der Waals surface area contributed by atoms with Gasteiger partial charge in [0, 0.05) is 36.3 Å². The van der Waals surface area contributed by atoms with Gasteiger partial charge in [0.15, 0.2) is 0 Å². The molecule has 48 valence electrons. The van der Waals surface area contributed by atoms with Gasteiger partial charge >= 0.3 is 0 Å². The van der Waals surface area contributed by atoms with Crippen LogP contribution in [-0.2, 0) is 0 Å². The minimum atomic E-state index is 0. The molecule has 9 heavy (non-hydrogen) atoms. The van der Waals surface area contributed by atoms with E-state index in [9.17, 15) is 5.21 Å². The number of nitrogens with zero attached hydrogens (tertiary/aromatic N) is 2. The summed E-state index contributed by atoms with van der Waals surface area (Å²) >= 11 is 0. The largest absolute Gasteiger partial charge is 0.485 e. The maximum atomic E-state index is 10.0. The van der Waals surface area contributed by atoms with E-state index in [2.05, 4.69) is 20.7 Å². The fourth-order valence-corrected chi connectivity index (χ4v) is 0.276. The Morgan fingerprint density at radius 1 is 1.89 bits per heavy atom. The number of hydrogen-bond donors (Lipinski definition) is 0. The van der Waals surface area contributed by atoms with Gasteiger partial charge in [0.05, 0.1) is 7.11 Å². The van der Waals surface area contributed by atoms with Crippen LogP contribution in [0.4, 0.5) is 0 Å². The molecule has 0 radical (unpaired) electrons. The zero-order valence-corrected chi connectivity index (χ0v) is 8.78. The van der Waals surface area contributed by atoms with E-state index in [4.69, 9.17) is 0 Å². The third-order valence-electron chi connectivity index (χ3n) is 0.578. The number of rotatable bonds is 1. The van der Waals surface area contributed by atoms with E-state index in [1.807, 2.05) is 0 Å². The first-order valence-electron chi connectivity index (χ1n) is 1.86. The number of hydrogen-bond acceptors (Lipinski definition) is 4. The Balaban J connectivity index is 0.000000640. The van der Waals surface area contributed by atoms with Crippen molar-refractivity contribution in [1.82, 2.24) is 5.16 Å². The maximum absolute atomic E-state index is 10.0. The molecule has 0 spiro atoms. The Labute approximate surface area is 74.9 Å². The average Bonchev–Trinajstić information content (AvgIpc) is 2.14. The summed E-state index contributed by atoms with van der Waals surface area (Å²) in [5, 5.41) is 13.1.